The summed E-state index contributed by atoms with van der Waals surface area (Å²) in [4.78, 5) is 36.8. The largest absolute Gasteiger partial charge is 0.508 e. The third-order valence-electron chi connectivity index (χ3n) is 11.2. The first-order valence-corrected chi connectivity index (χ1v) is 17.9. The van der Waals surface area contributed by atoms with Gasteiger partial charge in [-0.25, -0.2) is 22.9 Å². The highest BCUT2D eigenvalue weighted by Crippen LogP contribution is 2.43. The van der Waals surface area contributed by atoms with Crippen molar-refractivity contribution in [2.75, 3.05) is 64.0 Å². The summed E-state index contributed by atoms with van der Waals surface area (Å²) < 4.78 is 60.3. The quantitative estimate of drug-likeness (QED) is 0.256. The molecule has 0 saturated carbocycles. The molecule has 1 amide bonds. The number of hydrogen-bond acceptors (Lipinski definition) is 11. The zero-order valence-electron chi connectivity index (χ0n) is 29.4. The smallest absolute Gasteiger partial charge is 0.346 e. The molecule has 4 saturated heterocycles. The highest BCUT2D eigenvalue weighted by Gasteiger charge is 2.50. The van der Waals surface area contributed by atoms with Crippen molar-refractivity contribution >= 4 is 33.5 Å². The lowest BCUT2D eigenvalue weighted by Gasteiger charge is -2.50. The molecule has 13 nitrogen and oxygen atoms in total. The first-order chi connectivity index (χ1) is 26.0. The van der Waals surface area contributed by atoms with Gasteiger partial charge in [0.05, 0.1) is 29.7 Å². The maximum absolute atomic E-state index is 17.1. The lowest BCUT2D eigenvalue weighted by Crippen LogP contribution is -2.64. The van der Waals surface area contributed by atoms with Gasteiger partial charge in [0, 0.05) is 61.7 Å². The molecule has 7 heterocycles. The number of aromatic hydroxyl groups is 1. The number of pyridine rings is 1. The highest BCUT2D eigenvalue weighted by atomic mass is 19.1. The monoisotopic (exact) mass is 739 g/mol. The van der Waals surface area contributed by atoms with Crippen LogP contribution in [0.4, 0.5) is 23.8 Å². The molecule has 278 valence electrons. The van der Waals surface area contributed by atoms with Gasteiger partial charge in [-0.15, -0.1) is 11.5 Å². The van der Waals surface area contributed by atoms with Crippen LogP contribution in [0.3, 0.4) is 0 Å². The zero-order valence-corrected chi connectivity index (χ0v) is 29.4. The molecule has 4 aliphatic rings. The van der Waals surface area contributed by atoms with E-state index in [-0.39, 0.29) is 57.5 Å². The Morgan fingerprint density at radius 3 is 2.81 bits per heavy atom. The van der Waals surface area contributed by atoms with Crippen molar-refractivity contribution in [3.63, 3.8) is 0 Å². The van der Waals surface area contributed by atoms with Crippen LogP contribution in [0, 0.1) is 36.3 Å². The van der Waals surface area contributed by atoms with E-state index in [1.807, 2.05) is 4.90 Å². The summed E-state index contributed by atoms with van der Waals surface area (Å²) in [6, 6.07) is 4.96. The van der Waals surface area contributed by atoms with Crippen LogP contribution in [0.2, 0.25) is 0 Å². The Bertz CT molecular complexity index is 2380. The Labute approximate surface area is 307 Å². The van der Waals surface area contributed by atoms with E-state index < -0.39 is 28.8 Å². The van der Waals surface area contributed by atoms with Gasteiger partial charge < -0.3 is 24.4 Å². The number of hydrogen-bond donors (Lipinski definition) is 1. The predicted octanol–water partition coefficient (Wildman–Crippen LogP) is 4.47. The van der Waals surface area contributed by atoms with Crippen molar-refractivity contribution in [1.82, 2.24) is 39.5 Å². The second-order valence-electron chi connectivity index (χ2n) is 14.9. The number of aryl methyl sites for hydroxylation is 1. The minimum Gasteiger partial charge on any atom is -0.508 e. The van der Waals surface area contributed by atoms with Gasteiger partial charge >= 0.3 is 12.0 Å². The van der Waals surface area contributed by atoms with Gasteiger partial charge in [-0.3, -0.25) is 9.88 Å². The minimum absolute atomic E-state index is 0.0869. The molecule has 0 aliphatic carbocycles. The van der Waals surface area contributed by atoms with Crippen LogP contribution in [0.5, 0.6) is 11.8 Å². The summed E-state index contributed by atoms with van der Waals surface area (Å²) in [6.07, 6.45) is 9.56. The number of anilines is 1. The van der Waals surface area contributed by atoms with E-state index in [0.717, 1.165) is 19.4 Å². The van der Waals surface area contributed by atoms with Gasteiger partial charge in [0.15, 0.2) is 5.82 Å². The number of carbonyl (C=O) groups is 1. The van der Waals surface area contributed by atoms with E-state index in [9.17, 15) is 18.7 Å². The van der Waals surface area contributed by atoms with Crippen LogP contribution in [0.15, 0.2) is 36.8 Å². The van der Waals surface area contributed by atoms with Crippen molar-refractivity contribution in [1.29, 1.82) is 0 Å². The van der Waals surface area contributed by atoms with Gasteiger partial charge in [0.25, 0.3) is 0 Å². The van der Waals surface area contributed by atoms with Crippen LogP contribution in [-0.2, 0) is 4.74 Å². The molecular formula is C38H36F3N9O4. The summed E-state index contributed by atoms with van der Waals surface area (Å²) in [5.74, 6) is 1.48. The SMILES string of the molecule is C#Cc1c(F)ccc2cc(O)cc(-c3ncc4c(N5CCOCC6(CN(C(=O)n7cnc(C)n7)C6)C5)nc(OC[C@@]56CCCN5C[C@H](F)C6)nc4c3F)c12. The van der Waals surface area contributed by atoms with Crippen molar-refractivity contribution in [2.45, 2.75) is 37.9 Å². The Balaban J connectivity index is 1.13. The number of phenolic OH excluding ortho intramolecular Hbond substituents is 1. The molecule has 3 aromatic heterocycles. The molecule has 0 bridgehead atoms. The van der Waals surface area contributed by atoms with E-state index in [4.69, 9.17) is 20.9 Å². The molecular weight excluding hydrogens is 703 g/mol. The number of ether oxygens (including phenoxy) is 2. The van der Waals surface area contributed by atoms with Gasteiger partial charge in [-0.05, 0) is 49.9 Å². The molecule has 1 N–H and O–H groups in total. The molecule has 1 spiro atoms. The summed E-state index contributed by atoms with van der Waals surface area (Å²) in [6.45, 7) is 5.19. The Morgan fingerprint density at radius 2 is 2.02 bits per heavy atom. The maximum Gasteiger partial charge on any atom is 0.346 e. The molecule has 4 fully saturated rings. The van der Waals surface area contributed by atoms with E-state index >= 15 is 4.39 Å². The number of halogens is 3. The van der Waals surface area contributed by atoms with Crippen molar-refractivity contribution in [3.8, 4) is 35.4 Å². The van der Waals surface area contributed by atoms with Gasteiger partial charge in [0.1, 0.15) is 53.5 Å². The fourth-order valence-corrected chi connectivity index (χ4v) is 8.76. The molecule has 2 atom stereocenters. The topological polar surface area (TPSA) is 135 Å². The molecule has 4 aliphatic heterocycles. The number of terminal acetylenes is 1. The summed E-state index contributed by atoms with van der Waals surface area (Å²) in [5.41, 5.74) is -1.31. The number of amides is 1. The van der Waals surface area contributed by atoms with Crippen molar-refractivity contribution in [3.05, 3.63) is 59.8 Å². The number of alkyl halides is 1. The fraction of sp³-hybridized carbons (Fsp3) is 0.421. The molecule has 9 rings (SSSR count). The van der Waals surface area contributed by atoms with Gasteiger partial charge in [-0.1, -0.05) is 12.0 Å². The summed E-state index contributed by atoms with van der Waals surface area (Å²) in [5, 5.41) is 15.7. The number of nitrogens with zero attached hydrogens (tertiary/aromatic N) is 9. The third kappa shape index (κ3) is 5.64. The minimum atomic E-state index is -0.973. The first-order valence-electron chi connectivity index (χ1n) is 17.9. The Kier molecular flexibility index (Phi) is 8.12. The summed E-state index contributed by atoms with van der Waals surface area (Å²) in [7, 11) is 0. The fourth-order valence-electron chi connectivity index (χ4n) is 8.76. The average molecular weight is 740 g/mol. The van der Waals surface area contributed by atoms with Crippen LogP contribution < -0.4 is 9.64 Å². The number of rotatable bonds is 5. The molecule has 16 heteroatoms. The third-order valence-corrected chi connectivity index (χ3v) is 11.2. The zero-order chi connectivity index (χ0) is 37.4. The molecule has 2 aromatic carbocycles. The second-order valence-corrected chi connectivity index (χ2v) is 14.9. The van der Waals surface area contributed by atoms with E-state index in [0.29, 0.717) is 69.4 Å². The van der Waals surface area contributed by atoms with Crippen molar-refractivity contribution < 1.29 is 32.5 Å². The number of fused-ring (bicyclic) bond motifs is 3. The number of phenols is 1. The molecule has 5 aromatic rings. The molecule has 54 heavy (non-hydrogen) atoms. The lowest BCUT2D eigenvalue weighted by atomic mass is 9.80. The molecule has 0 radical (unpaired) electrons. The van der Waals surface area contributed by atoms with Gasteiger partial charge in [-0.2, -0.15) is 14.6 Å². The summed E-state index contributed by atoms with van der Waals surface area (Å²) >= 11 is 0. The standard InChI is InChI=1S/C38H36F3N9O4/c1-3-26-29(40)6-5-23-11-25(51)12-27(30(23)26)32-31(41)33-28(14-42-32)34(45-35(44-33)54-20-38-7-4-8-49(38)15-24(39)13-38)47-9-10-53-19-37(16-47)17-48(18-37)36(52)50-21-43-22(2)46-50/h1,5-6,11-12,14,21,24,51H,4,7-10,13,15-20H2,2H3/t24-,38+/m1/s1. The van der Waals surface area contributed by atoms with Crippen LogP contribution in [-0.4, -0.2) is 121 Å². The Morgan fingerprint density at radius 1 is 1.17 bits per heavy atom. The average Bonchev–Trinajstić information content (AvgIpc) is 3.77. The van der Waals surface area contributed by atoms with Crippen molar-refractivity contribution in [2.24, 2.45) is 5.41 Å². The number of carbonyl (C=O) groups excluding carboxylic acids is 1. The van der Waals surface area contributed by atoms with E-state index in [2.05, 4.69) is 30.9 Å². The lowest BCUT2D eigenvalue weighted by molar-refractivity contribution is -0.0261. The van der Waals surface area contributed by atoms with Crippen LogP contribution >= 0.6 is 0 Å². The maximum atomic E-state index is 17.1. The van der Waals surface area contributed by atoms with Crippen LogP contribution in [0.25, 0.3) is 32.9 Å². The number of likely N-dealkylation sites (tertiary alicyclic amines) is 1. The number of aromatic nitrogens is 6. The molecule has 0 unspecified atom stereocenters. The van der Waals surface area contributed by atoms with Gasteiger partial charge in [0.2, 0.25) is 0 Å². The Hall–Kier alpha value is -5.53. The van der Waals surface area contributed by atoms with E-state index in [1.165, 1.54) is 41.5 Å². The number of benzene rings is 2. The first kappa shape index (κ1) is 34.3. The van der Waals surface area contributed by atoms with Crippen LogP contribution in [0.1, 0.15) is 30.7 Å². The second kappa shape index (κ2) is 12.8. The highest BCUT2D eigenvalue weighted by molar-refractivity contribution is 6.03. The van der Waals surface area contributed by atoms with E-state index in [1.54, 1.807) is 11.8 Å². The normalized spacial score (nSPS) is 22.4. The predicted molar refractivity (Wildman–Crippen MR) is 191 cm³/mol.